The van der Waals surface area contributed by atoms with E-state index in [1.54, 1.807) is 32.7 Å². The molecule has 0 radical (unpaired) electrons. The molecule has 7 heteroatoms. The maximum atomic E-state index is 5.53. The molecule has 4 rings (SSSR count). The highest BCUT2D eigenvalue weighted by molar-refractivity contribution is 7.07. The SMILES string of the molecule is CCN=c1scc(-c2cc(OC)c(OC)c(OC)c2)n1N=CC1CC2C=CC1C2. The molecule has 29 heavy (non-hydrogen) atoms. The summed E-state index contributed by atoms with van der Waals surface area (Å²) in [5, 5.41) is 6.95. The third-order valence-electron chi connectivity index (χ3n) is 5.64. The largest absolute Gasteiger partial charge is 0.493 e. The number of thiazole rings is 1. The number of nitrogens with zero attached hydrogens (tertiary/aromatic N) is 3. The number of hydrogen-bond donors (Lipinski definition) is 0. The number of benzene rings is 1. The van der Waals surface area contributed by atoms with Crippen LogP contribution in [0.2, 0.25) is 0 Å². The van der Waals surface area contributed by atoms with Gasteiger partial charge in [-0.3, -0.25) is 4.99 Å². The van der Waals surface area contributed by atoms with E-state index in [2.05, 4.69) is 28.7 Å². The monoisotopic (exact) mass is 413 g/mol. The van der Waals surface area contributed by atoms with E-state index < -0.39 is 0 Å². The van der Waals surface area contributed by atoms with Crippen molar-refractivity contribution in [1.29, 1.82) is 0 Å². The molecule has 0 spiro atoms. The molecular weight excluding hydrogens is 386 g/mol. The first kappa shape index (κ1) is 19.8. The molecule has 6 nitrogen and oxygen atoms in total. The van der Waals surface area contributed by atoms with Crippen molar-refractivity contribution in [3.63, 3.8) is 0 Å². The number of rotatable bonds is 7. The van der Waals surface area contributed by atoms with E-state index in [1.165, 1.54) is 12.8 Å². The van der Waals surface area contributed by atoms with Crippen molar-refractivity contribution < 1.29 is 14.2 Å². The number of fused-ring (bicyclic) bond motifs is 2. The number of ether oxygens (including phenoxy) is 3. The quantitative estimate of drug-likeness (QED) is 0.505. The average Bonchev–Trinajstić information content (AvgIpc) is 3.47. The van der Waals surface area contributed by atoms with E-state index in [-0.39, 0.29) is 0 Å². The fourth-order valence-corrected chi connectivity index (χ4v) is 5.13. The summed E-state index contributed by atoms with van der Waals surface area (Å²) in [4.78, 5) is 5.51. The Morgan fingerprint density at radius 3 is 2.41 bits per heavy atom. The number of hydrogen-bond acceptors (Lipinski definition) is 6. The Kier molecular flexibility index (Phi) is 5.76. The number of aromatic nitrogens is 1. The molecule has 1 aromatic heterocycles. The van der Waals surface area contributed by atoms with Crippen LogP contribution in [-0.4, -0.2) is 38.8 Å². The zero-order valence-corrected chi connectivity index (χ0v) is 18.1. The molecule has 0 amide bonds. The molecule has 2 aliphatic carbocycles. The lowest BCUT2D eigenvalue weighted by atomic mass is 9.95. The molecule has 1 heterocycles. The van der Waals surface area contributed by atoms with Gasteiger partial charge in [0.05, 0.1) is 27.0 Å². The first-order valence-corrected chi connectivity index (χ1v) is 10.8. The fraction of sp³-hybridized carbons (Fsp3) is 0.455. The Morgan fingerprint density at radius 1 is 1.10 bits per heavy atom. The summed E-state index contributed by atoms with van der Waals surface area (Å²) in [6.45, 7) is 2.75. The third-order valence-corrected chi connectivity index (χ3v) is 6.50. The highest BCUT2D eigenvalue weighted by atomic mass is 32.1. The summed E-state index contributed by atoms with van der Waals surface area (Å²) in [5.41, 5.74) is 1.90. The molecule has 0 aliphatic heterocycles. The van der Waals surface area contributed by atoms with Crippen LogP contribution in [0.4, 0.5) is 0 Å². The van der Waals surface area contributed by atoms with Gasteiger partial charge in [-0.2, -0.15) is 5.10 Å². The van der Waals surface area contributed by atoms with Crippen molar-refractivity contribution in [2.24, 2.45) is 27.8 Å². The first-order chi connectivity index (χ1) is 14.2. The van der Waals surface area contributed by atoms with Gasteiger partial charge >= 0.3 is 0 Å². The van der Waals surface area contributed by atoms with Crippen LogP contribution in [0.25, 0.3) is 11.3 Å². The summed E-state index contributed by atoms with van der Waals surface area (Å²) in [6.07, 6.45) is 9.26. The smallest absolute Gasteiger partial charge is 0.206 e. The van der Waals surface area contributed by atoms with Crippen LogP contribution in [-0.2, 0) is 0 Å². The second-order valence-corrected chi connectivity index (χ2v) is 8.15. The summed E-state index contributed by atoms with van der Waals surface area (Å²) in [6, 6.07) is 3.90. The zero-order chi connectivity index (χ0) is 20.4. The van der Waals surface area contributed by atoms with Crippen LogP contribution in [0, 0.1) is 17.8 Å². The molecule has 0 saturated heterocycles. The van der Waals surface area contributed by atoms with Crippen LogP contribution in [0.1, 0.15) is 19.8 Å². The molecule has 1 fully saturated rings. The minimum atomic E-state index is 0.500. The summed E-state index contributed by atoms with van der Waals surface area (Å²) in [5.74, 6) is 3.67. The Morgan fingerprint density at radius 2 is 1.86 bits per heavy atom. The lowest BCUT2D eigenvalue weighted by Gasteiger charge is -2.15. The lowest BCUT2D eigenvalue weighted by molar-refractivity contribution is 0.324. The van der Waals surface area contributed by atoms with E-state index in [9.17, 15) is 0 Å². The van der Waals surface area contributed by atoms with Gasteiger partial charge in [-0.15, -0.1) is 11.3 Å². The van der Waals surface area contributed by atoms with E-state index in [1.807, 2.05) is 23.7 Å². The molecule has 2 aromatic rings. The Balaban J connectivity index is 1.77. The van der Waals surface area contributed by atoms with E-state index in [0.717, 1.165) is 22.0 Å². The molecule has 154 valence electrons. The molecule has 1 aromatic carbocycles. The molecule has 0 N–H and O–H groups in total. The van der Waals surface area contributed by atoms with Gasteiger partial charge in [0.2, 0.25) is 10.6 Å². The van der Waals surface area contributed by atoms with Crippen molar-refractivity contribution >= 4 is 17.6 Å². The van der Waals surface area contributed by atoms with Gasteiger partial charge in [0, 0.05) is 29.6 Å². The lowest BCUT2D eigenvalue weighted by Crippen LogP contribution is -2.15. The predicted molar refractivity (Wildman–Crippen MR) is 116 cm³/mol. The van der Waals surface area contributed by atoms with Gasteiger partial charge in [-0.05, 0) is 43.7 Å². The van der Waals surface area contributed by atoms with Gasteiger partial charge in [-0.25, -0.2) is 4.68 Å². The maximum absolute atomic E-state index is 5.53. The van der Waals surface area contributed by atoms with Crippen molar-refractivity contribution in [2.45, 2.75) is 19.8 Å². The predicted octanol–water partition coefficient (Wildman–Crippen LogP) is 4.21. The molecular formula is C22H27N3O3S. The second-order valence-electron chi connectivity index (χ2n) is 7.31. The highest BCUT2D eigenvalue weighted by Gasteiger charge is 2.34. The van der Waals surface area contributed by atoms with E-state index in [0.29, 0.717) is 35.6 Å². The third kappa shape index (κ3) is 3.71. The van der Waals surface area contributed by atoms with Crippen molar-refractivity contribution in [3.05, 3.63) is 34.5 Å². The standard InChI is InChI=1S/C22H27N3O3S/c1-5-23-22-25(24-12-17-9-14-6-7-15(17)8-14)18(13-29-22)16-10-19(26-2)21(28-4)20(11-16)27-3/h6-7,10-15,17H,5,8-9H2,1-4H3. The van der Waals surface area contributed by atoms with E-state index >= 15 is 0 Å². The van der Waals surface area contributed by atoms with E-state index in [4.69, 9.17) is 19.3 Å². The van der Waals surface area contributed by atoms with Gasteiger partial charge in [0.1, 0.15) is 0 Å². The Hall–Kier alpha value is -2.54. The number of allylic oxidation sites excluding steroid dienone is 2. The minimum Gasteiger partial charge on any atom is -0.493 e. The maximum Gasteiger partial charge on any atom is 0.206 e. The van der Waals surface area contributed by atoms with Gasteiger partial charge in [-0.1, -0.05) is 12.2 Å². The highest BCUT2D eigenvalue weighted by Crippen LogP contribution is 2.43. The normalized spacial score (nSPS) is 23.3. The Bertz CT molecular complexity index is 980. The van der Waals surface area contributed by atoms with Crippen LogP contribution in [0.15, 0.2) is 39.8 Å². The molecule has 3 unspecified atom stereocenters. The van der Waals surface area contributed by atoms with Crippen LogP contribution in [0.5, 0.6) is 17.2 Å². The topological polar surface area (TPSA) is 57.3 Å². The van der Waals surface area contributed by atoms with Gasteiger partial charge < -0.3 is 14.2 Å². The fourth-order valence-electron chi connectivity index (χ4n) is 4.23. The first-order valence-electron chi connectivity index (χ1n) is 9.92. The zero-order valence-electron chi connectivity index (χ0n) is 17.3. The number of methoxy groups -OCH3 is 3. The second kappa shape index (κ2) is 8.45. The van der Waals surface area contributed by atoms with Gasteiger partial charge in [0.25, 0.3) is 0 Å². The van der Waals surface area contributed by atoms with Crippen LogP contribution in [0.3, 0.4) is 0 Å². The molecule has 1 saturated carbocycles. The van der Waals surface area contributed by atoms with Crippen molar-refractivity contribution in [3.8, 4) is 28.5 Å². The van der Waals surface area contributed by atoms with Crippen LogP contribution < -0.4 is 19.0 Å². The van der Waals surface area contributed by atoms with Crippen molar-refractivity contribution in [1.82, 2.24) is 4.68 Å². The molecule has 3 atom stereocenters. The summed E-state index contributed by atoms with van der Waals surface area (Å²) in [7, 11) is 4.86. The molecule has 2 aliphatic rings. The summed E-state index contributed by atoms with van der Waals surface area (Å²) >= 11 is 1.59. The Labute approximate surface area is 175 Å². The van der Waals surface area contributed by atoms with Gasteiger partial charge in [0.15, 0.2) is 11.5 Å². The minimum absolute atomic E-state index is 0.500. The molecule has 2 bridgehead atoms. The van der Waals surface area contributed by atoms with Crippen molar-refractivity contribution in [2.75, 3.05) is 27.9 Å². The average molecular weight is 414 g/mol. The van der Waals surface area contributed by atoms with Crippen LogP contribution >= 0.6 is 11.3 Å². The summed E-state index contributed by atoms with van der Waals surface area (Å²) < 4.78 is 18.5.